The normalized spacial score (nSPS) is 15.4. The highest BCUT2D eigenvalue weighted by atomic mass is 15.3. The van der Waals surface area contributed by atoms with E-state index in [-0.39, 0.29) is 0 Å². The molecule has 1 saturated heterocycles. The number of hydrogen-bond acceptors (Lipinski definition) is 4. The van der Waals surface area contributed by atoms with Crippen LogP contribution in [0, 0.1) is 20.8 Å². The molecule has 1 aliphatic rings. The molecule has 1 aliphatic heterocycles. The van der Waals surface area contributed by atoms with Gasteiger partial charge in [0.2, 0.25) is 0 Å². The van der Waals surface area contributed by atoms with E-state index in [1.54, 1.807) is 6.33 Å². The smallest absolute Gasteiger partial charge is 0.132 e. The third-order valence-corrected chi connectivity index (χ3v) is 4.10. The number of hydrogen-bond donors (Lipinski definition) is 0. The van der Waals surface area contributed by atoms with E-state index in [9.17, 15) is 0 Å². The van der Waals surface area contributed by atoms with E-state index >= 15 is 0 Å². The summed E-state index contributed by atoms with van der Waals surface area (Å²) in [7, 11) is 0. The van der Waals surface area contributed by atoms with Gasteiger partial charge in [0.15, 0.2) is 0 Å². The first-order valence-electron chi connectivity index (χ1n) is 7.49. The van der Waals surface area contributed by atoms with Crippen LogP contribution in [0.15, 0.2) is 30.6 Å². The van der Waals surface area contributed by atoms with Crippen molar-refractivity contribution in [3.8, 4) is 0 Å². The maximum Gasteiger partial charge on any atom is 0.132 e. The summed E-state index contributed by atoms with van der Waals surface area (Å²) in [5, 5.41) is 0. The van der Waals surface area contributed by atoms with Gasteiger partial charge >= 0.3 is 0 Å². The van der Waals surface area contributed by atoms with E-state index in [0.717, 1.165) is 37.7 Å². The minimum atomic E-state index is 1.00. The molecule has 2 heterocycles. The van der Waals surface area contributed by atoms with Gasteiger partial charge in [0, 0.05) is 43.6 Å². The lowest BCUT2D eigenvalue weighted by Crippen LogP contribution is -2.47. The maximum absolute atomic E-state index is 4.39. The number of nitrogens with zero attached hydrogens (tertiary/aromatic N) is 4. The first-order chi connectivity index (χ1) is 10.1. The van der Waals surface area contributed by atoms with Crippen LogP contribution in [0.4, 0.5) is 11.5 Å². The molecule has 110 valence electrons. The Morgan fingerprint density at radius 1 is 0.857 bits per heavy atom. The van der Waals surface area contributed by atoms with Gasteiger partial charge in [-0.25, -0.2) is 9.97 Å². The van der Waals surface area contributed by atoms with Crippen LogP contribution in [0.1, 0.15) is 16.8 Å². The van der Waals surface area contributed by atoms with Crippen LogP contribution in [-0.2, 0) is 0 Å². The summed E-state index contributed by atoms with van der Waals surface area (Å²) in [6, 6.07) is 8.75. The molecule has 0 unspecified atom stereocenters. The molecule has 3 rings (SSSR count). The van der Waals surface area contributed by atoms with Gasteiger partial charge in [0.05, 0.1) is 0 Å². The average Bonchev–Trinajstić information content (AvgIpc) is 2.50. The van der Waals surface area contributed by atoms with Crippen LogP contribution >= 0.6 is 0 Å². The fourth-order valence-electron chi connectivity index (χ4n) is 2.85. The lowest BCUT2D eigenvalue weighted by atomic mass is 10.1. The Morgan fingerprint density at radius 3 is 2.29 bits per heavy atom. The zero-order valence-corrected chi connectivity index (χ0v) is 13.0. The van der Waals surface area contributed by atoms with E-state index in [4.69, 9.17) is 0 Å². The number of piperazine rings is 1. The lowest BCUT2D eigenvalue weighted by Gasteiger charge is -2.37. The molecular weight excluding hydrogens is 260 g/mol. The van der Waals surface area contributed by atoms with Crippen LogP contribution in [-0.4, -0.2) is 36.1 Å². The molecule has 4 nitrogen and oxygen atoms in total. The maximum atomic E-state index is 4.39. The van der Waals surface area contributed by atoms with Gasteiger partial charge in [-0.1, -0.05) is 12.1 Å². The number of anilines is 2. The molecule has 0 atom stereocenters. The van der Waals surface area contributed by atoms with Crippen molar-refractivity contribution < 1.29 is 0 Å². The van der Waals surface area contributed by atoms with Crippen molar-refractivity contribution >= 4 is 11.5 Å². The van der Waals surface area contributed by atoms with Gasteiger partial charge in [-0.2, -0.15) is 0 Å². The quantitative estimate of drug-likeness (QED) is 0.848. The summed E-state index contributed by atoms with van der Waals surface area (Å²) in [5.41, 5.74) is 5.07. The first kappa shape index (κ1) is 13.9. The Bertz CT molecular complexity index is 630. The predicted octanol–water partition coefficient (Wildman–Crippen LogP) is 2.73. The van der Waals surface area contributed by atoms with E-state index in [0.29, 0.717) is 0 Å². The van der Waals surface area contributed by atoms with Gasteiger partial charge in [-0.3, -0.25) is 0 Å². The van der Waals surface area contributed by atoms with Crippen molar-refractivity contribution in [2.45, 2.75) is 20.8 Å². The molecule has 21 heavy (non-hydrogen) atoms. The molecule has 0 spiro atoms. The summed E-state index contributed by atoms with van der Waals surface area (Å²) < 4.78 is 0. The molecule has 0 bridgehead atoms. The van der Waals surface area contributed by atoms with Crippen molar-refractivity contribution in [3.05, 3.63) is 47.4 Å². The third-order valence-electron chi connectivity index (χ3n) is 4.10. The third kappa shape index (κ3) is 2.99. The minimum Gasteiger partial charge on any atom is -0.368 e. The van der Waals surface area contributed by atoms with E-state index < -0.39 is 0 Å². The van der Waals surface area contributed by atoms with Crippen LogP contribution in [0.2, 0.25) is 0 Å². The SMILES string of the molecule is Cc1ccc(C)c(N2CCN(c3cc(C)ncn3)CC2)c1. The largest absolute Gasteiger partial charge is 0.368 e. The van der Waals surface area contributed by atoms with Gasteiger partial charge < -0.3 is 9.80 Å². The minimum absolute atomic E-state index is 1.00. The molecule has 1 aromatic carbocycles. The molecule has 4 heteroatoms. The van der Waals surface area contributed by atoms with E-state index in [1.165, 1.54) is 16.8 Å². The molecule has 0 aliphatic carbocycles. The highest BCUT2D eigenvalue weighted by Crippen LogP contribution is 2.24. The van der Waals surface area contributed by atoms with Crippen molar-refractivity contribution in [1.82, 2.24) is 9.97 Å². The number of aromatic nitrogens is 2. The Morgan fingerprint density at radius 2 is 1.57 bits per heavy atom. The monoisotopic (exact) mass is 282 g/mol. The second-order valence-corrected chi connectivity index (χ2v) is 5.78. The number of rotatable bonds is 2. The Balaban J connectivity index is 1.72. The highest BCUT2D eigenvalue weighted by Gasteiger charge is 2.19. The molecular formula is C17H22N4. The van der Waals surface area contributed by atoms with Crippen LogP contribution in [0.25, 0.3) is 0 Å². The first-order valence-corrected chi connectivity index (χ1v) is 7.49. The lowest BCUT2D eigenvalue weighted by molar-refractivity contribution is 0.645. The summed E-state index contributed by atoms with van der Waals surface area (Å²) in [6.45, 7) is 10.4. The average molecular weight is 282 g/mol. The molecule has 0 saturated carbocycles. The van der Waals surface area contributed by atoms with Crippen LogP contribution in [0.5, 0.6) is 0 Å². The van der Waals surface area contributed by atoms with Gasteiger partial charge in [-0.05, 0) is 38.0 Å². The highest BCUT2D eigenvalue weighted by molar-refractivity contribution is 5.56. The summed E-state index contributed by atoms with van der Waals surface area (Å²) in [5.74, 6) is 1.04. The zero-order valence-electron chi connectivity index (χ0n) is 13.0. The molecule has 1 fully saturated rings. The van der Waals surface area contributed by atoms with E-state index in [1.807, 2.05) is 6.92 Å². The molecule has 0 radical (unpaired) electrons. The van der Waals surface area contributed by atoms with Gasteiger partial charge in [0.1, 0.15) is 12.1 Å². The second kappa shape index (κ2) is 5.72. The van der Waals surface area contributed by atoms with Gasteiger partial charge in [-0.15, -0.1) is 0 Å². The molecule has 0 amide bonds. The Kier molecular flexibility index (Phi) is 3.78. The van der Waals surface area contributed by atoms with Crippen LogP contribution < -0.4 is 9.80 Å². The summed E-state index contributed by atoms with van der Waals surface area (Å²) >= 11 is 0. The van der Waals surface area contributed by atoms with Gasteiger partial charge in [0.25, 0.3) is 0 Å². The number of benzene rings is 1. The Labute approximate surface area is 126 Å². The summed E-state index contributed by atoms with van der Waals surface area (Å²) in [4.78, 5) is 13.4. The fraction of sp³-hybridized carbons (Fsp3) is 0.412. The van der Waals surface area contributed by atoms with E-state index in [2.05, 4.69) is 57.9 Å². The zero-order chi connectivity index (χ0) is 14.8. The van der Waals surface area contributed by atoms with Crippen molar-refractivity contribution in [1.29, 1.82) is 0 Å². The van der Waals surface area contributed by atoms with Crippen LogP contribution in [0.3, 0.4) is 0 Å². The molecule has 2 aromatic rings. The van der Waals surface area contributed by atoms with Crippen molar-refractivity contribution in [3.63, 3.8) is 0 Å². The standard InChI is InChI=1S/C17H22N4/c1-13-4-5-14(2)16(10-13)20-6-8-21(9-7-20)17-11-15(3)18-12-19-17/h4-5,10-12H,6-9H2,1-3H3. The Hall–Kier alpha value is -2.10. The summed E-state index contributed by atoms with van der Waals surface area (Å²) in [6.07, 6.45) is 1.65. The topological polar surface area (TPSA) is 32.3 Å². The fourth-order valence-corrected chi connectivity index (χ4v) is 2.85. The van der Waals surface area contributed by atoms with Crippen molar-refractivity contribution in [2.24, 2.45) is 0 Å². The predicted molar refractivity (Wildman–Crippen MR) is 87.1 cm³/mol. The number of aryl methyl sites for hydroxylation is 3. The molecule has 0 N–H and O–H groups in total. The molecule has 1 aromatic heterocycles. The van der Waals surface area contributed by atoms with Crippen molar-refractivity contribution in [2.75, 3.05) is 36.0 Å². The second-order valence-electron chi connectivity index (χ2n) is 5.78.